The molecule has 0 aliphatic carbocycles. The minimum Gasteiger partial charge on any atom is -0.338 e. The Balaban J connectivity index is 1.60. The number of likely N-dealkylation sites (N-methyl/N-ethyl adjacent to an activating group) is 1. The van der Waals surface area contributed by atoms with Gasteiger partial charge < -0.3 is 10.2 Å². The van der Waals surface area contributed by atoms with Gasteiger partial charge in [-0.15, -0.1) is 11.3 Å². The van der Waals surface area contributed by atoms with Crippen molar-refractivity contribution in [2.75, 3.05) is 20.1 Å². The van der Waals surface area contributed by atoms with Crippen LogP contribution < -0.4 is 5.32 Å². The van der Waals surface area contributed by atoms with Gasteiger partial charge in [-0.2, -0.15) is 5.10 Å². The number of carbonyl (C=O) groups excluding carboxylic acids is 1. The SMILES string of the molecule is CC(C)c1nc(CN(C)C(=O)Cn2nccc2[C@@H]2CCCNC2)cs1. The molecule has 1 saturated heterocycles. The Morgan fingerprint density at radius 3 is 3.04 bits per heavy atom. The summed E-state index contributed by atoms with van der Waals surface area (Å²) in [6.07, 6.45) is 4.12. The average Bonchev–Trinajstić information content (AvgIpc) is 3.25. The maximum atomic E-state index is 12.6. The summed E-state index contributed by atoms with van der Waals surface area (Å²) in [7, 11) is 1.84. The number of rotatable bonds is 6. The molecular formula is C18H27N5OS. The molecule has 1 amide bonds. The molecule has 0 aromatic carbocycles. The van der Waals surface area contributed by atoms with E-state index in [0.717, 1.165) is 35.9 Å². The molecule has 0 unspecified atom stereocenters. The second kappa shape index (κ2) is 8.10. The molecule has 25 heavy (non-hydrogen) atoms. The first-order chi connectivity index (χ1) is 12.0. The van der Waals surface area contributed by atoms with Crippen molar-refractivity contribution in [3.8, 4) is 0 Å². The third-order valence-corrected chi connectivity index (χ3v) is 5.83. The summed E-state index contributed by atoms with van der Waals surface area (Å²) in [5.74, 6) is 0.935. The molecule has 2 aromatic heterocycles. The molecule has 0 spiro atoms. The van der Waals surface area contributed by atoms with E-state index in [9.17, 15) is 4.79 Å². The standard InChI is InChI=1S/C18H27N5OS/c1-13(2)18-21-15(12-25-18)10-22(3)17(24)11-23-16(6-8-20-23)14-5-4-7-19-9-14/h6,8,12-14,19H,4-5,7,9-11H2,1-3H3/t14-/m1/s1. The third kappa shape index (κ3) is 4.46. The van der Waals surface area contributed by atoms with E-state index in [2.05, 4.69) is 29.2 Å². The summed E-state index contributed by atoms with van der Waals surface area (Å²) in [6.45, 7) is 7.15. The van der Waals surface area contributed by atoms with Crippen LogP contribution in [0.1, 0.15) is 54.9 Å². The average molecular weight is 362 g/mol. The number of hydrogen-bond acceptors (Lipinski definition) is 5. The highest BCUT2D eigenvalue weighted by Gasteiger charge is 2.21. The van der Waals surface area contributed by atoms with Gasteiger partial charge in [0.25, 0.3) is 0 Å². The zero-order chi connectivity index (χ0) is 17.8. The highest BCUT2D eigenvalue weighted by atomic mass is 32.1. The highest BCUT2D eigenvalue weighted by Crippen LogP contribution is 2.23. The van der Waals surface area contributed by atoms with E-state index in [1.807, 2.05) is 23.2 Å². The van der Waals surface area contributed by atoms with E-state index in [4.69, 9.17) is 0 Å². The number of aromatic nitrogens is 3. The van der Waals surface area contributed by atoms with Gasteiger partial charge in [0.05, 0.1) is 17.2 Å². The Hall–Kier alpha value is -1.73. The lowest BCUT2D eigenvalue weighted by molar-refractivity contribution is -0.131. The van der Waals surface area contributed by atoms with Crippen LogP contribution in [0.2, 0.25) is 0 Å². The molecule has 2 aromatic rings. The van der Waals surface area contributed by atoms with Crippen LogP contribution in [-0.4, -0.2) is 45.7 Å². The van der Waals surface area contributed by atoms with Crippen molar-refractivity contribution < 1.29 is 4.79 Å². The number of piperidine rings is 1. The second-order valence-corrected chi connectivity index (χ2v) is 7.93. The number of nitrogens with one attached hydrogen (secondary N) is 1. The predicted molar refractivity (Wildman–Crippen MR) is 99.7 cm³/mol. The van der Waals surface area contributed by atoms with E-state index in [1.165, 1.54) is 6.42 Å². The maximum Gasteiger partial charge on any atom is 0.244 e. The summed E-state index contributed by atoms with van der Waals surface area (Å²) in [5, 5.41) is 11.0. The Kier molecular flexibility index (Phi) is 5.86. The van der Waals surface area contributed by atoms with Crippen LogP contribution in [0.3, 0.4) is 0 Å². The van der Waals surface area contributed by atoms with Crippen LogP contribution in [0.5, 0.6) is 0 Å². The lowest BCUT2D eigenvalue weighted by Gasteiger charge is -2.24. The van der Waals surface area contributed by atoms with Gasteiger partial charge in [0, 0.05) is 42.7 Å². The summed E-state index contributed by atoms with van der Waals surface area (Å²) < 4.78 is 1.86. The Morgan fingerprint density at radius 2 is 2.36 bits per heavy atom. The first kappa shape index (κ1) is 18.1. The lowest BCUT2D eigenvalue weighted by atomic mass is 9.96. The van der Waals surface area contributed by atoms with Crippen LogP contribution in [0.15, 0.2) is 17.6 Å². The molecule has 7 heteroatoms. The lowest BCUT2D eigenvalue weighted by Crippen LogP contribution is -2.33. The van der Waals surface area contributed by atoms with Gasteiger partial charge in [-0.25, -0.2) is 4.98 Å². The first-order valence-corrected chi connectivity index (χ1v) is 9.83. The van der Waals surface area contributed by atoms with Gasteiger partial charge in [0.1, 0.15) is 6.54 Å². The summed E-state index contributed by atoms with van der Waals surface area (Å²) >= 11 is 1.66. The van der Waals surface area contributed by atoms with Gasteiger partial charge in [0.2, 0.25) is 5.91 Å². The van der Waals surface area contributed by atoms with Gasteiger partial charge in [-0.05, 0) is 25.5 Å². The van der Waals surface area contributed by atoms with Crippen molar-refractivity contribution in [2.45, 2.75) is 51.6 Å². The fourth-order valence-corrected chi connectivity index (χ4v) is 3.99. The fraction of sp³-hybridized carbons (Fsp3) is 0.611. The summed E-state index contributed by atoms with van der Waals surface area (Å²) in [6, 6.07) is 2.04. The van der Waals surface area contributed by atoms with E-state index >= 15 is 0 Å². The van der Waals surface area contributed by atoms with Gasteiger partial charge in [0.15, 0.2) is 0 Å². The number of nitrogens with zero attached hydrogens (tertiary/aromatic N) is 4. The van der Waals surface area contributed by atoms with Crippen molar-refractivity contribution in [2.24, 2.45) is 0 Å². The van der Waals surface area contributed by atoms with Crippen LogP contribution in [0.25, 0.3) is 0 Å². The monoisotopic (exact) mass is 361 g/mol. The minimum atomic E-state index is 0.0628. The number of amides is 1. The molecule has 1 fully saturated rings. The van der Waals surface area contributed by atoms with Crippen LogP contribution in [0.4, 0.5) is 0 Å². The van der Waals surface area contributed by atoms with E-state index < -0.39 is 0 Å². The molecule has 3 heterocycles. The van der Waals surface area contributed by atoms with Crippen LogP contribution in [0, 0.1) is 0 Å². The molecule has 6 nitrogen and oxygen atoms in total. The van der Waals surface area contributed by atoms with E-state index in [0.29, 0.717) is 18.4 Å². The van der Waals surface area contributed by atoms with Gasteiger partial charge in [-0.3, -0.25) is 9.48 Å². The number of thiazole rings is 1. The zero-order valence-corrected chi connectivity index (χ0v) is 16.1. The fourth-order valence-electron chi connectivity index (χ4n) is 3.17. The predicted octanol–water partition coefficient (Wildman–Crippen LogP) is 2.59. The Bertz CT molecular complexity index is 702. The number of hydrogen-bond donors (Lipinski definition) is 1. The maximum absolute atomic E-state index is 12.6. The number of carbonyl (C=O) groups is 1. The quantitative estimate of drug-likeness (QED) is 0.859. The molecule has 3 rings (SSSR count). The summed E-state index contributed by atoms with van der Waals surface area (Å²) in [5.41, 5.74) is 2.12. The van der Waals surface area contributed by atoms with E-state index in [1.54, 1.807) is 22.4 Å². The normalized spacial score (nSPS) is 17.8. The summed E-state index contributed by atoms with van der Waals surface area (Å²) in [4.78, 5) is 19.0. The Morgan fingerprint density at radius 1 is 1.52 bits per heavy atom. The third-order valence-electron chi connectivity index (χ3n) is 4.64. The van der Waals surface area contributed by atoms with Crippen molar-refractivity contribution in [3.63, 3.8) is 0 Å². The molecule has 0 radical (unpaired) electrons. The molecule has 1 aliphatic rings. The molecule has 1 N–H and O–H groups in total. The smallest absolute Gasteiger partial charge is 0.244 e. The first-order valence-electron chi connectivity index (χ1n) is 8.95. The topological polar surface area (TPSA) is 63.1 Å². The zero-order valence-electron chi connectivity index (χ0n) is 15.2. The molecule has 136 valence electrons. The van der Waals surface area contributed by atoms with Crippen molar-refractivity contribution in [3.05, 3.63) is 34.0 Å². The Labute approximate surface area is 153 Å². The largest absolute Gasteiger partial charge is 0.338 e. The molecule has 0 bridgehead atoms. The molecule has 1 atom stereocenters. The van der Waals surface area contributed by atoms with E-state index in [-0.39, 0.29) is 12.5 Å². The molecular weight excluding hydrogens is 334 g/mol. The minimum absolute atomic E-state index is 0.0628. The van der Waals surface area contributed by atoms with Gasteiger partial charge in [-0.1, -0.05) is 13.8 Å². The highest BCUT2D eigenvalue weighted by molar-refractivity contribution is 7.09. The van der Waals surface area contributed by atoms with Crippen molar-refractivity contribution in [1.82, 2.24) is 25.0 Å². The van der Waals surface area contributed by atoms with Gasteiger partial charge >= 0.3 is 0 Å². The van der Waals surface area contributed by atoms with Crippen LogP contribution >= 0.6 is 11.3 Å². The molecule has 1 aliphatic heterocycles. The molecule has 0 saturated carbocycles. The second-order valence-electron chi connectivity index (χ2n) is 7.04. The van der Waals surface area contributed by atoms with Crippen molar-refractivity contribution >= 4 is 17.2 Å². The van der Waals surface area contributed by atoms with Crippen LogP contribution in [-0.2, 0) is 17.9 Å². The van der Waals surface area contributed by atoms with Crippen molar-refractivity contribution in [1.29, 1.82) is 0 Å².